The first-order chi connectivity index (χ1) is 7.31. The van der Waals surface area contributed by atoms with Crippen molar-refractivity contribution in [3.8, 4) is 0 Å². The summed E-state index contributed by atoms with van der Waals surface area (Å²) in [5.74, 6) is 0.562. The van der Waals surface area contributed by atoms with E-state index in [1.54, 1.807) is 0 Å². The zero-order valence-corrected chi connectivity index (χ0v) is 13.5. The van der Waals surface area contributed by atoms with Crippen LogP contribution in [0, 0.1) is 17.7 Å². The molecular weight excluding hydrogens is 341 g/mol. The number of benzene rings is 1. The fourth-order valence-electron chi connectivity index (χ4n) is 2.01. The smallest absolute Gasteiger partial charge is 0.0249 e. The molecule has 0 spiro atoms. The van der Waals surface area contributed by atoms with Crippen molar-refractivity contribution >= 4 is 21.7 Å². The van der Waals surface area contributed by atoms with Gasteiger partial charge in [-0.15, -0.1) is 23.1 Å². The summed E-state index contributed by atoms with van der Waals surface area (Å²) in [7, 11) is 0. The molecule has 0 heterocycles. The van der Waals surface area contributed by atoms with Crippen LogP contribution in [0.15, 0.2) is 24.3 Å². The number of hydrogen-bond donors (Lipinski definition) is 0. The Morgan fingerprint density at radius 3 is 2.94 bits per heavy atom. The molecule has 1 unspecified atom stereocenters. The number of fused-ring (bicyclic) bond motifs is 1. The van der Waals surface area contributed by atoms with Crippen LogP contribution in [-0.2, 0) is 39.1 Å². The molecule has 0 saturated carbocycles. The largest absolute Gasteiger partial charge is 0.332 e. The van der Waals surface area contributed by atoms with Crippen LogP contribution in [0.3, 0.4) is 0 Å². The molecule has 16 heavy (non-hydrogen) atoms. The summed E-state index contributed by atoms with van der Waals surface area (Å²) < 4.78 is 0. The Labute approximate surface area is 130 Å². The van der Waals surface area contributed by atoms with Crippen LogP contribution in [0.5, 0.6) is 0 Å². The number of aryl methyl sites for hydroxylation is 1. The number of carbonyl (C=O) groups is 1. The standard InChI is InChI=1S/C13H13BrO.Y/c14-8-7-10-5-6-11-3-1-2-4-12(11)13(15)9-10;/h1-4,8-10H,5-7H2;/q-2;. The Balaban J connectivity index is 0.00000128. The third-order valence-electron chi connectivity index (χ3n) is 2.85. The SMILES string of the molecule is O=C1[CH-]C(C[CH-]Br)CCc2ccccc21.[Y]. The van der Waals surface area contributed by atoms with Gasteiger partial charge in [-0.3, -0.25) is 5.33 Å². The molecule has 1 aliphatic carbocycles. The minimum absolute atomic E-state index is 0. The molecule has 1 aliphatic rings. The molecule has 0 amide bonds. The van der Waals surface area contributed by atoms with E-state index in [4.69, 9.17) is 0 Å². The van der Waals surface area contributed by atoms with Gasteiger partial charge in [0.25, 0.3) is 0 Å². The van der Waals surface area contributed by atoms with Crippen LogP contribution in [0.1, 0.15) is 28.8 Å². The van der Waals surface area contributed by atoms with Crippen molar-refractivity contribution in [3.05, 3.63) is 47.1 Å². The average Bonchev–Trinajstić information content (AvgIpc) is 2.40. The molecule has 0 bridgehead atoms. The van der Waals surface area contributed by atoms with E-state index in [1.165, 1.54) is 5.56 Å². The summed E-state index contributed by atoms with van der Waals surface area (Å²) in [5.41, 5.74) is 2.07. The van der Waals surface area contributed by atoms with Gasteiger partial charge < -0.3 is 20.7 Å². The Kier molecular flexibility index (Phi) is 6.24. The minimum atomic E-state index is 0. The molecule has 3 heteroatoms. The maximum absolute atomic E-state index is 11.9. The van der Waals surface area contributed by atoms with Crippen molar-refractivity contribution in [3.63, 3.8) is 0 Å². The topological polar surface area (TPSA) is 17.1 Å². The van der Waals surface area contributed by atoms with Gasteiger partial charge >= 0.3 is 0 Å². The molecule has 0 aliphatic heterocycles. The van der Waals surface area contributed by atoms with Crippen molar-refractivity contribution < 1.29 is 37.5 Å². The number of hydrogen-bond acceptors (Lipinski definition) is 1. The summed E-state index contributed by atoms with van der Waals surface area (Å²) in [4.78, 5) is 11.9. The van der Waals surface area contributed by atoms with Gasteiger partial charge in [-0.2, -0.15) is 12.8 Å². The number of rotatable bonds is 2. The number of Topliss-reactive ketones (excluding diaryl/α,β-unsaturated/α-hetero) is 1. The fraction of sp³-hybridized carbons (Fsp3) is 0.308. The molecule has 83 valence electrons. The summed E-state index contributed by atoms with van der Waals surface area (Å²) >= 11 is 3.31. The third kappa shape index (κ3) is 3.42. The summed E-state index contributed by atoms with van der Waals surface area (Å²) in [6, 6.07) is 7.92. The predicted octanol–water partition coefficient (Wildman–Crippen LogP) is 3.58. The van der Waals surface area contributed by atoms with Crippen LogP contribution in [-0.4, -0.2) is 5.78 Å². The maximum Gasteiger partial charge on any atom is 0.0249 e. The van der Waals surface area contributed by atoms with Crippen molar-refractivity contribution in [1.82, 2.24) is 0 Å². The minimum Gasteiger partial charge on any atom is -0.332 e. The summed E-state index contributed by atoms with van der Waals surface area (Å²) in [6.45, 7) is 0. The van der Waals surface area contributed by atoms with E-state index in [2.05, 4.69) is 22.0 Å². The van der Waals surface area contributed by atoms with Gasteiger partial charge in [0.1, 0.15) is 0 Å². The van der Waals surface area contributed by atoms with E-state index < -0.39 is 0 Å². The van der Waals surface area contributed by atoms with Gasteiger partial charge in [0, 0.05) is 38.5 Å². The first kappa shape index (κ1) is 14.4. The molecule has 0 fully saturated rings. The van der Waals surface area contributed by atoms with Gasteiger partial charge in [-0.25, -0.2) is 0 Å². The van der Waals surface area contributed by atoms with Gasteiger partial charge in [0.15, 0.2) is 0 Å². The maximum atomic E-state index is 11.9. The van der Waals surface area contributed by atoms with Gasteiger partial charge in [0.05, 0.1) is 0 Å². The van der Waals surface area contributed by atoms with Crippen molar-refractivity contribution in [1.29, 1.82) is 0 Å². The van der Waals surface area contributed by atoms with Gasteiger partial charge in [-0.1, -0.05) is 24.6 Å². The molecule has 0 saturated heterocycles. The van der Waals surface area contributed by atoms with Gasteiger partial charge in [0.2, 0.25) is 0 Å². The second kappa shape index (κ2) is 6.93. The number of halogens is 1. The molecule has 0 aromatic heterocycles. The first-order valence-corrected chi connectivity index (χ1v) is 6.12. The fourth-order valence-corrected chi connectivity index (χ4v) is 2.49. The van der Waals surface area contributed by atoms with E-state index in [-0.39, 0.29) is 38.5 Å². The molecule has 1 aromatic carbocycles. The first-order valence-electron chi connectivity index (χ1n) is 5.20. The Morgan fingerprint density at radius 1 is 1.44 bits per heavy atom. The van der Waals surface area contributed by atoms with Crippen LogP contribution >= 0.6 is 15.9 Å². The zero-order valence-electron chi connectivity index (χ0n) is 9.03. The molecule has 1 radical (unpaired) electrons. The van der Waals surface area contributed by atoms with Crippen LogP contribution in [0.2, 0.25) is 0 Å². The molecular formula is C13H13BrOY-2. The Morgan fingerprint density at radius 2 is 2.19 bits per heavy atom. The summed E-state index contributed by atoms with van der Waals surface area (Å²) in [6.07, 6.45) is 4.86. The molecule has 1 aromatic rings. The van der Waals surface area contributed by atoms with Crippen LogP contribution in [0.25, 0.3) is 0 Å². The monoisotopic (exact) mass is 353 g/mol. The quantitative estimate of drug-likeness (QED) is 0.586. The predicted molar refractivity (Wildman–Crippen MR) is 64.7 cm³/mol. The number of carbonyl (C=O) groups excluding carboxylic acids is 1. The van der Waals surface area contributed by atoms with E-state index in [1.807, 2.05) is 30.0 Å². The van der Waals surface area contributed by atoms with Crippen LogP contribution < -0.4 is 0 Å². The molecule has 1 nitrogen and oxygen atoms in total. The van der Waals surface area contributed by atoms with Crippen molar-refractivity contribution in [2.24, 2.45) is 5.92 Å². The third-order valence-corrected chi connectivity index (χ3v) is 3.22. The summed E-state index contributed by atoms with van der Waals surface area (Å²) in [5, 5.41) is 1.96. The van der Waals surface area contributed by atoms with Crippen molar-refractivity contribution in [2.75, 3.05) is 0 Å². The van der Waals surface area contributed by atoms with E-state index in [9.17, 15) is 4.79 Å². The second-order valence-corrected chi connectivity index (χ2v) is 4.52. The van der Waals surface area contributed by atoms with E-state index >= 15 is 0 Å². The van der Waals surface area contributed by atoms with E-state index in [0.717, 1.165) is 24.8 Å². The molecule has 0 N–H and O–H groups in total. The zero-order chi connectivity index (χ0) is 10.7. The van der Waals surface area contributed by atoms with Crippen molar-refractivity contribution in [2.45, 2.75) is 19.3 Å². The van der Waals surface area contributed by atoms with E-state index in [0.29, 0.717) is 5.92 Å². The van der Waals surface area contributed by atoms with Gasteiger partial charge in [-0.05, 0) is 6.42 Å². The average molecular weight is 354 g/mol. The number of ketones is 1. The Bertz CT molecular complexity index is 365. The molecule has 1 atom stereocenters. The Hall–Kier alpha value is 0.344. The van der Waals surface area contributed by atoms with Crippen LogP contribution in [0.4, 0.5) is 0 Å². The normalized spacial score (nSPS) is 19.1. The second-order valence-electron chi connectivity index (χ2n) is 3.88. The molecule has 2 rings (SSSR count).